The molecule has 1 heterocycles. The van der Waals surface area contributed by atoms with Gasteiger partial charge < -0.3 is 29.9 Å². The van der Waals surface area contributed by atoms with Gasteiger partial charge in [0.2, 0.25) is 0 Å². The average molecular weight is 354 g/mol. The molecule has 1 unspecified atom stereocenters. The Morgan fingerprint density at radius 1 is 1.20 bits per heavy atom. The summed E-state index contributed by atoms with van der Waals surface area (Å²) in [7, 11) is 0. The van der Waals surface area contributed by atoms with Crippen molar-refractivity contribution in [3.8, 4) is 0 Å². The van der Waals surface area contributed by atoms with E-state index in [1.54, 1.807) is 12.1 Å². The Kier molecular flexibility index (Phi) is 5.86. The van der Waals surface area contributed by atoms with E-state index < -0.39 is 43.3 Å². The van der Waals surface area contributed by atoms with Crippen LogP contribution in [0.25, 0.3) is 0 Å². The summed E-state index contributed by atoms with van der Waals surface area (Å²) in [4.78, 5) is 12.4. The molecule has 1 aromatic rings. The Morgan fingerprint density at radius 2 is 1.84 bits per heavy atom. The molecule has 0 aromatic heterocycles. The Bertz CT molecular complexity index is 622. The highest BCUT2D eigenvalue weighted by Gasteiger charge is 2.46. The van der Waals surface area contributed by atoms with Gasteiger partial charge >= 0.3 is 5.97 Å². The molecule has 140 valence electrons. The number of aliphatic hydroxyl groups excluding tert-OH is 4. The van der Waals surface area contributed by atoms with E-state index in [9.17, 15) is 20.1 Å². The van der Waals surface area contributed by atoms with Crippen LogP contribution in [0.3, 0.4) is 0 Å². The highest BCUT2D eigenvalue weighted by atomic mass is 16.7. The largest absolute Gasteiger partial charge is 0.453 e. The minimum absolute atomic E-state index is 0.0714. The number of hydrogen-bond acceptors (Lipinski definition) is 7. The summed E-state index contributed by atoms with van der Waals surface area (Å²) in [5.74, 6) is -0.738. The van der Waals surface area contributed by atoms with Gasteiger partial charge in [-0.2, -0.15) is 0 Å². The maximum Gasteiger partial charge on any atom is 0.338 e. The molecule has 1 aliphatic rings. The zero-order valence-corrected chi connectivity index (χ0v) is 14.8. The quantitative estimate of drug-likeness (QED) is 0.575. The fraction of sp³-hybridized carbons (Fsp3) is 0.611. The third kappa shape index (κ3) is 4.19. The summed E-state index contributed by atoms with van der Waals surface area (Å²) in [6.07, 6.45) is -7.29. The van der Waals surface area contributed by atoms with Gasteiger partial charge in [0.05, 0.1) is 12.2 Å². The molecule has 4 N–H and O–H groups in total. The smallest absolute Gasteiger partial charge is 0.338 e. The Balaban J connectivity index is 2.19. The van der Waals surface area contributed by atoms with Crippen molar-refractivity contribution in [1.82, 2.24) is 0 Å². The van der Waals surface area contributed by atoms with Crippen molar-refractivity contribution in [3.05, 3.63) is 34.9 Å². The van der Waals surface area contributed by atoms with Gasteiger partial charge in [0.15, 0.2) is 12.4 Å². The van der Waals surface area contributed by atoms with E-state index in [-0.39, 0.29) is 11.0 Å². The number of hydrogen-bond donors (Lipinski definition) is 4. The second-order valence-corrected chi connectivity index (χ2v) is 7.38. The first-order chi connectivity index (χ1) is 11.6. The van der Waals surface area contributed by atoms with Crippen molar-refractivity contribution in [3.63, 3.8) is 0 Å². The molecule has 0 amide bonds. The van der Waals surface area contributed by atoms with Crippen molar-refractivity contribution in [2.24, 2.45) is 0 Å². The predicted molar refractivity (Wildman–Crippen MR) is 89.1 cm³/mol. The van der Waals surface area contributed by atoms with Gasteiger partial charge in [0, 0.05) is 0 Å². The van der Waals surface area contributed by atoms with Crippen LogP contribution >= 0.6 is 0 Å². The third-order valence-corrected chi connectivity index (χ3v) is 4.35. The average Bonchev–Trinajstić information content (AvgIpc) is 2.53. The van der Waals surface area contributed by atoms with Crippen molar-refractivity contribution >= 4 is 5.97 Å². The summed E-state index contributed by atoms with van der Waals surface area (Å²) in [5, 5.41) is 38.8. The predicted octanol–water partition coefficient (Wildman–Crippen LogP) is 0.249. The van der Waals surface area contributed by atoms with Gasteiger partial charge in [-0.1, -0.05) is 26.8 Å². The first-order valence-electron chi connectivity index (χ1n) is 8.19. The van der Waals surface area contributed by atoms with Crippen LogP contribution in [0.5, 0.6) is 0 Å². The van der Waals surface area contributed by atoms with Gasteiger partial charge in [-0.15, -0.1) is 0 Å². The van der Waals surface area contributed by atoms with Crippen molar-refractivity contribution in [1.29, 1.82) is 0 Å². The highest BCUT2D eigenvalue weighted by molar-refractivity contribution is 5.90. The Hall–Kier alpha value is -1.51. The molecule has 0 saturated carbocycles. The molecule has 5 atom stereocenters. The number of benzene rings is 1. The highest BCUT2D eigenvalue weighted by Crippen LogP contribution is 2.27. The monoisotopic (exact) mass is 354 g/mol. The first kappa shape index (κ1) is 19.8. The molecule has 7 nitrogen and oxygen atoms in total. The topological polar surface area (TPSA) is 116 Å². The van der Waals surface area contributed by atoms with Crippen LogP contribution in [0.4, 0.5) is 0 Å². The van der Waals surface area contributed by atoms with E-state index in [1.165, 1.54) is 0 Å². The van der Waals surface area contributed by atoms with Crippen LogP contribution in [0.15, 0.2) is 18.2 Å². The molecule has 1 aliphatic heterocycles. The number of carbonyl (C=O) groups is 1. The van der Waals surface area contributed by atoms with Crippen molar-refractivity contribution in [2.45, 2.75) is 63.8 Å². The van der Waals surface area contributed by atoms with Crippen LogP contribution < -0.4 is 0 Å². The minimum Gasteiger partial charge on any atom is -0.453 e. The lowest BCUT2D eigenvalue weighted by molar-refractivity contribution is -0.285. The summed E-state index contributed by atoms with van der Waals surface area (Å²) >= 11 is 0. The molecule has 0 spiro atoms. The van der Waals surface area contributed by atoms with Gasteiger partial charge in [0.1, 0.15) is 18.3 Å². The van der Waals surface area contributed by atoms with Gasteiger partial charge in [-0.05, 0) is 35.6 Å². The van der Waals surface area contributed by atoms with E-state index >= 15 is 0 Å². The number of aliphatic hydroxyl groups is 4. The lowest BCUT2D eigenvalue weighted by Gasteiger charge is -2.39. The first-order valence-corrected chi connectivity index (χ1v) is 8.19. The number of rotatable bonds is 3. The van der Waals surface area contributed by atoms with E-state index in [1.807, 2.05) is 13.0 Å². The summed E-state index contributed by atoms with van der Waals surface area (Å²) in [6.45, 7) is 7.51. The molecule has 0 aliphatic carbocycles. The Labute approximate surface area is 146 Å². The van der Waals surface area contributed by atoms with Crippen LogP contribution in [0.2, 0.25) is 0 Å². The molecule has 0 radical (unpaired) electrons. The maximum atomic E-state index is 12.4. The standard InChI is InChI=1S/C18H26O7/c1-9-7-10(5-6-11(9)18(2,3)4)16(22)25-15-13(20)12(8-19)24-17(23)14(15)21/h5-7,12-15,17,19-21,23H,8H2,1-4H3/t12-,13-,14-,15+,17?/m1/s1. The summed E-state index contributed by atoms with van der Waals surface area (Å²) in [5.41, 5.74) is 2.21. The molecule has 1 fully saturated rings. The van der Waals surface area contributed by atoms with E-state index in [2.05, 4.69) is 20.8 Å². The van der Waals surface area contributed by atoms with Gasteiger partial charge in [-0.25, -0.2) is 4.79 Å². The van der Waals surface area contributed by atoms with Crippen molar-refractivity contribution in [2.75, 3.05) is 6.61 Å². The molecule has 0 bridgehead atoms. The molecular weight excluding hydrogens is 328 g/mol. The molecule has 2 rings (SSSR count). The molecule has 1 saturated heterocycles. The number of esters is 1. The third-order valence-electron chi connectivity index (χ3n) is 4.35. The SMILES string of the molecule is Cc1cc(C(=O)O[C@H]2[C@H](O)[C@@H](CO)OC(O)[C@@H]2O)ccc1C(C)(C)C. The fourth-order valence-corrected chi connectivity index (χ4v) is 3.03. The number of ether oxygens (including phenoxy) is 2. The summed E-state index contributed by atoms with van der Waals surface area (Å²) in [6, 6.07) is 5.14. The summed E-state index contributed by atoms with van der Waals surface area (Å²) < 4.78 is 10.1. The molecule has 1 aromatic carbocycles. The molecule has 25 heavy (non-hydrogen) atoms. The van der Waals surface area contributed by atoms with Crippen molar-refractivity contribution < 1.29 is 34.7 Å². The normalized spacial score (nSPS) is 30.2. The zero-order valence-electron chi connectivity index (χ0n) is 14.8. The van der Waals surface area contributed by atoms with E-state index in [0.717, 1.165) is 11.1 Å². The lowest BCUT2D eigenvalue weighted by atomic mass is 9.83. The molecule has 7 heteroatoms. The van der Waals surface area contributed by atoms with Gasteiger partial charge in [-0.3, -0.25) is 0 Å². The second kappa shape index (κ2) is 7.39. The number of aryl methyl sites for hydroxylation is 1. The molecular formula is C18H26O7. The van der Waals surface area contributed by atoms with Crippen LogP contribution in [0, 0.1) is 6.92 Å². The van der Waals surface area contributed by atoms with Crippen LogP contribution in [-0.4, -0.2) is 63.7 Å². The van der Waals surface area contributed by atoms with Crippen LogP contribution in [0.1, 0.15) is 42.3 Å². The zero-order chi connectivity index (χ0) is 18.9. The minimum atomic E-state index is -1.66. The lowest BCUT2D eigenvalue weighted by Crippen LogP contribution is -2.59. The van der Waals surface area contributed by atoms with E-state index in [0.29, 0.717) is 0 Å². The van der Waals surface area contributed by atoms with E-state index in [4.69, 9.17) is 14.6 Å². The number of carbonyl (C=O) groups excluding carboxylic acids is 1. The Morgan fingerprint density at radius 3 is 2.36 bits per heavy atom. The maximum absolute atomic E-state index is 12.4. The fourth-order valence-electron chi connectivity index (χ4n) is 3.03. The van der Waals surface area contributed by atoms with Gasteiger partial charge in [0.25, 0.3) is 0 Å². The van der Waals surface area contributed by atoms with Crippen LogP contribution in [-0.2, 0) is 14.9 Å². The second-order valence-electron chi connectivity index (χ2n) is 7.38.